The third kappa shape index (κ3) is 4.06. The summed E-state index contributed by atoms with van der Waals surface area (Å²) in [6.45, 7) is 0.752. The van der Waals surface area contributed by atoms with Gasteiger partial charge in [-0.3, -0.25) is 9.52 Å². The summed E-state index contributed by atoms with van der Waals surface area (Å²) in [6.07, 6.45) is 0.675. The number of amides is 1. The molecule has 0 fully saturated rings. The molecule has 0 aliphatic carbocycles. The second-order valence-corrected chi connectivity index (χ2v) is 7.92. The lowest BCUT2D eigenvalue weighted by Crippen LogP contribution is -2.37. The minimum Gasteiger partial charge on any atom is -0.497 e. The predicted molar refractivity (Wildman–Crippen MR) is 96.5 cm³/mol. The van der Waals surface area contributed by atoms with Crippen molar-refractivity contribution in [2.24, 2.45) is 0 Å². The number of methoxy groups -OCH3 is 1. The molecule has 0 spiro atoms. The quantitative estimate of drug-likeness (QED) is 0.816. The van der Waals surface area contributed by atoms with Gasteiger partial charge in [-0.2, -0.15) is 21.6 Å². The average Bonchev–Trinajstić information content (AvgIpc) is 2.64. The highest BCUT2D eigenvalue weighted by Gasteiger charge is 2.46. The zero-order chi connectivity index (χ0) is 20.5. The van der Waals surface area contributed by atoms with Gasteiger partial charge in [-0.25, -0.2) is 0 Å². The monoisotopic (exact) mass is 414 g/mol. The van der Waals surface area contributed by atoms with E-state index in [0.717, 1.165) is 5.56 Å². The molecule has 150 valence electrons. The molecule has 10 heteroatoms. The van der Waals surface area contributed by atoms with Crippen molar-refractivity contribution in [3.63, 3.8) is 0 Å². The fourth-order valence-electron chi connectivity index (χ4n) is 2.89. The third-order valence-corrected chi connectivity index (χ3v) is 5.48. The van der Waals surface area contributed by atoms with Crippen LogP contribution in [-0.2, 0) is 23.0 Å². The summed E-state index contributed by atoms with van der Waals surface area (Å²) in [5.74, 6) is 0.414. The normalized spacial score (nSPS) is 14.6. The molecular formula is C18H17F3N2O4S. The molecule has 2 aromatic rings. The molecule has 1 aliphatic rings. The first-order chi connectivity index (χ1) is 13.1. The van der Waals surface area contributed by atoms with Crippen molar-refractivity contribution in [3.05, 3.63) is 59.2 Å². The van der Waals surface area contributed by atoms with E-state index in [2.05, 4.69) is 0 Å². The third-order valence-electron chi connectivity index (χ3n) is 4.37. The molecule has 1 amide bonds. The Balaban J connectivity index is 1.72. The number of nitrogens with one attached hydrogen (secondary N) is 1. The topological polar surface area (TPSA) is 75.7 Å². The first kappa shape index (κ1) is 20.0. The fraction of sp³-hybridized carbons (Fsp3) is 0.278. The van der Waals surface area contributed by atoms with Gasteiger partial charge in [-0.05, 0) is 41.8 Å². The van der Waals surface area contributed by atoms with Crippen LogP contribution in [-0.4, -0.2) is 38.4 Å². The summed E-state index contributed by atoms with van der Waals surface area (Å²) in [5.41, 5.74) is -3.45. The summed E-state index contributed by atoms with van der Waals surface area (Å²) >= 11 is 0. The van der Waals surface area contributed by atoms with Gasteiger partial charge in [0.15, 0.2) is 0 Å². The lowest BCUT2D eigenvalue weighted by Gasteiger charge is -2.29. The maximum atomic E-state index is 12.7. The van der Waals surface area contributed by atoms with Crippen molar-refractivity contribution >= 4 is 21.6 Å². The lowest BCUT2D eigenvalue weighted by molar-refractivity contribution is -0.0429. The number of carbonyl (C=O) groups is 1. The van der Waals surface area contributed by atoms with Gasteiger partial charge in [0.05, 0.1) is 7.11 Å². The second-order valence-electron chi connectivity index (χ2n) is 6.25. The maximum absolute atomic E-state index is 12.7. The molecule has 3 rings (SSSR count). The molecule has 1 aliphatic heterocycles. The van der Waals surface area contributed by atoms with Crippen LogP contribution in [0.4, 0.5) is 18.9 Å². The van der Waals surface area contributed by atoms with Crippen molar-refractivity contribution in [2.45, 2.75) is 18.5 Å². The number of hydrogen-bond donors (Lipinski definition) is 1. The molecule has 0 unspecified atom stereocenters. The van der Waals surface area contributed by atoms with Crippen LogP contribution in [0.15, 0.2) is 42.5 Å². The van der Waals surface area contributed by atoms with Crippen LogP contribution in [0.5, 0.6) is 5.75 Å². The van der Waals surface area contributed by atoms with E-state index < -0.39 is 15.5 Å². The Kier molecular flexibility index (Phi) is 5.24. The number of sulfonamides is 1. The predicted octanol–water partition coefficient (Wildman–Crippen LogP) is 3.16. The number of benzene rings is 2. The van der Waals surface area contributed by atoms with Gasteiger partial charge in [0.2, 0.25) is 0 Å². The van der Waals surface area contributed by atoms with Gasteiger partial charge in [0.1, 0.15) is 5.75 Å². The Labute approximate surface area is 160 Å². The Morgan fingerprint density at radius 1 is 1.14 bits per heavy atom. The Hall–Kier alpha value is -2.75. The average molecular weight is 414 g/mol. The molecule has 1 N–H and O–H groups in total. The fourth-order valence-corrected chi connectivity index (χ4v) is 3.45. The van der Waals surface area contributed by atoms with Crippen molar-refractivity contribution in [1.82, 2.24) is 4.90 Å². The lowest BCUT2D eigenvalue weighted by atomic mass is 9.98. The maximum Gasteiger partial charge on any atom is 0.516 e. The summed E-state index contributed by atoms with van der Waals surface area (Å²) in [4.78, 5) is 14.3. The van der Waals surface area contributed by atoms with E-state index in [4.69, 9.17) is 4.74 Å². The van der Waals surface area contributed by atoms with Crippen LogP contribution in [0.1, 0.15) is 21.5 Å². The van der Waals surface area contributed by atoms with Crippen LogP contribution in [0.2, 0.25) is 0 Å². The van der Waals surface area contributed by atoms with Crippen molar-refractivity contribution in [1.29, 1.82) is 0 Å². The largest absolute Gasteiger partial charge is 0.516 e. The van der Waals surface area contributed by atoms with Gasteiger partial charge in [0, 0.05) is 24.3 Å². The zero-order valence-electron chi connectivity index (χ0n) is 14.8. The van der Waals surface area contributed by atoms with Crippen LogP contribution in [0.3, 0.4) is 0 Å². The van der Waals surface area contributed by atoms with Crippen molar-refractivity contribution in [3.8, 4) is 5.75 Å². The Morgan fingerprint density at radius 3 is 2.43 bits per heavy atom. The van der Waals surface area contributed by atoms with E-state index in [-0.39, 0.29) is 18.1 Å². The highest BCUT2D eigenvalue weighted by molar-refractivity contribution is 7.93. The second kappa shape index (κ2) is 7.34. The smallest absolute Gasteiger partial charge is 0.497 e. The molecule has 1 heterocycles. The van der Waals surface area contributed by atoms with Crippen LogP contribution in [0, 0.1) is 0 Å². The Morgan fingerprint density at radius 2 is 1.82 bits per heavy atom. The van der Waals surface area contributed by atoms with Crippen LogP contribution >= 0.6 is 0 Å². The van der Waals surface area contributed by atoms with Crippen LogP contribution < -0.4 is 9.46 Å². The van der Waals surface area contributed by atoms with Gasteiger partial charge in [-0.15, -0.1) is 0 Å². The number of alkyl halides is 3. The van der Waals surface area contributed by atoms with Gasteiger partial charge in [0.25, 0.3) is 5.91 Å². The number of hydrogen-bond acceptors (Lipinski definition) is 4. The standard InChI is InChI=1S/C18H17F3N2O4S/c1-27-15-7-4-13-8-9-23(17(24)16(13)10-15)11-12-2-5-14(6-3-12)22-28(25,26)18(19,20)21/h2-7,10,22H,8-9,11H2,1H3. The van der Waals surface area contributed by atoms with E-state index in [1.807, 2.05) is 6.07 Å². The molecule has 6 nitrogen and oxygen atoms in total. The number of anilines is 1. The summed E-state index contributed by atoms with van der Waals surface area (Å²) < 4.78 is 66.2. The number of nitrogens with zero attached hydrogens (tertiary/aromatic N) is 1. The molecule has 0 aromatic heterocycles. The first-order valence-electron chi connectivity index (χ1n) is 8.25. The summed E-state index contributed by atoms with van der Waals surface area (Å²) in [7, 11) is -3.95. The molecule has 0 bridgehead atoms. The highest BCUT2D eigenvalue weighted by Crippen LogP contribution is 2.27. The molecule has 2 aromatic carbocycles. The zero-order valence-corrected chi connectivity index (χ0v) is 15.6. The minimum atomic E-state index is -5.47. The number of fused-ring (bicyclic) bond motifs is 1. The van der Waals surface area contributed by atoms with Gasteiger partial charge >= 0.3 is 15.5 Å². The molecule has 0 atom stereocenters. The van der Waals surface area contributed by atoms with Gasteiger partial charge in [-0.1, -0.05) is 18.2 Å². The van der Waals surface area contributed by atoms with E-state index in [9.17, 15) is 26.4 Å². The Bertz CT molecular complexity index is 989. The number of ether oxygens (including phenoxy) is 1. The summed E-state index contributed by atoms with van der Waals surface area (Å²) in [6, 6.07) is 10.7. The highest BCUT2D eigenvalue weighted by atomic mass is 32.2. The molecule has 0 saturated carbocycles. The number of halogens is 3. The van der Waals surface area contributed by atoms with E-state index >= 15 is 0 Å². The van der Waals surface area contributed by atoms with Crippen LogP contribution in [0.25, 0.3) is 0 Å². The number of rotatable bonds is 5. The van der Waals surface area contributed by atoms with E-state index in [1.54, 1.807) is 17.0 Å². The van der Waals surface area contributed by atoms with E-state index in [1.165, 1.54) is 36.1 Å². The molecule has 0 radical (unpaired) electrons. The van der Waals surface area contributed by atoms with Crippen molar-refractivity contribution in [2.75, 3.05) is 18.4 Å². The molecular weight excluding hydrogens is 397 g/mol. The molecule has 28 heavy (non-hydrogen) atoms. The van der Waals surface area contributed by atoms with Crippen molar-refractivity contribution < 1.29 is 31.1 Å². The number of carbonyl (C=O) groups excluding carboxylic acids is 1. The first-order valence-corrected chi connectivity index (χ1v) is 9.73. The van der Waals surface area contributed by atoms with E-state index in [0.29, 0.717) is 29.8 Å². The van der Waals surface area contributed by atoms with Gasteiger partial charge < -0.3 is 9.64 Å². The minimum absolute atomic E-state index is 0.165. The SMILES string of the molecule is COc1ccc2c(c1)C(=O)N(Cc1ccc(NS(=O)(=O)C(F)(F)F)cc1)CC2. The molecule has 0 saturated heterocycles. The summed E-state index contributed by atoms with van der Waals surface area (Å²) in [5, 5.41) is 0.